The second-order valence-electron chi connectivity index (χ2n) is 4.74. The summed E-state index contributed by atoms with van der Waals surface area (Å²) in [6.07, 6.45) is 5.33. The summed E-state index contributed by atoms with van der Waals surface area (Å²) in [4.78, 5) is 0. The quantitative estimate of drug-likeness (QED) is 0.800. The number of aromatic nitrogens is 2. The summed E-state index contributed by atoms with van der Waals surface area (Å²) in [5, 5.41) is 10.9. The Kier molecular flexibility index (Phi) is 2.98. The number of nitrogens with one attached hydrogen (secondary N) is 2. The van der Waals surface area contributed by atoms with E-state index in [2.05, 4.69) is 36.3 Å². The van der Waals surface area contributed by atoms with E-state index in [0.717, 1.165) is 17.3 Å². The minimum absolute atomic E-state index is 0.657. The van der Waals surface area contributed by atoms with Gasteiger partial charge in [0.1, 0.15) is 0 Å². The molecular weight excluding hydrogens is 186 g/mol. The van der Waals surface area contributed by atoms with Gasteiger partial charge in [0.05, 0.1) is 17.1 Å². The zero-order chi connectivity index (χ0) is 10.8. The highest BCUT2D eigenvalue weighted by molar-refractivity contribution is 5.52. The van der Waals surface area contributed by atoms with Crippen molar-refractivity contribution in [3.63, 3.8) is 0 Å². The molecule has 0 aromatic carbocycles. The normalized spacial score (nSPS) is 25.8. The number of aryl methyl sites for hydroxylation is 2. The molecule has 0 saturated heterocycles. The van der Waals surface area contributed by atoms with Crippen molar-refractivity contribution in [2.45, 2.75) is 52.5 Å². The Balaban J connectivity index is 1.98. The van der Waals surface area contributed by atoms with Gasteiger partial charge >= 0.3 is 0 Å². The first-order valence-corrected chi connectivity index (χ1v) is 5.98. The van der Waals surface area contributed by atoms with Crippen molar-refractivity contribution in [3.05, 3.63) is 11.4 Å². The molecule has 1 fully saturated rings. The maximum absolute atomic E-state index is 4.21. The number of rotatable bonds is 3. The van der Waals surface area contributed by atoms with Crippen LogP contribution < -0.4 is 5.32 Å². The predicted octanol–water partition coefficient (Wildman–Crippen LogP) is 3.02. The predicted molar refractivity (Wildman–Crippen MR) is 63.1 cm³/mol. The molecule has 3 heteroatoms. The largest absolute Gasteiger partial charge is 0.379 e. The van der Waals surface area contributed by atoms with E-state index >= 15 is 0 Å². The minimum atomic E-state index is 0.657. The molecule has 15 heavy (non-hydrogen) atoms. The number of nitrogens with zero attached hydrogens (tertiary/aromatic N) is 1. The Morgan fingerprint density at radius 2 is 2.20 bits per heavy atom. The van der Waals surface area contributed by atoms with E-state index in [9.17, 15) is 0 Å². The summed E-state index contributed by atoms with van der Waals surface area (Å²) in [6.45, 7) is 6.42. The fourth-order valence-corrected chi connectivity index (χ4v) is 2.54. The topological polar surface area (TPSA) is 40.7 Å². The summed E-state index contributed by atoms with van der Waals surface area (Å²) < 4.78 is 0. The highest BCUT2D eigenvalue weighted by atomic mass is 15.2. The van der Waals surface area contributed by atoms with Crippen molar-refractivity contribution in [2.75, 3.05) is 5.32 Å². The van der Waals surface area contributed by atoms with Crippen LogP contribution in [0.5, 0.6) is 0 Å². The van der Waals surface area contributed by atoms with Crippen LogP contribution in [-0.4, -0.2) is 16.2 Å². The van der Waals surface area contributed by atoms with Crippen molar-refractivity contribution in [3.8, 4) is 0 Å². The maximum atomic E-state index is 4.21. The molecule has 0 radical (unpaired) electrons. The van der Waals surface area contributed by atoms with Gasteiger partial charge in [0.25, 0.3) is 0 Å². The lowest BCUT2D eigenvalue weighted by molar-refractivity contribution is 0.525. The molecule has 2 rings (SSSR count). The Morgan fingerprint density at radius 3 is 2.73 bits per heavy atom. The van der Waals surface area contributed by atoms with Crippen molar-refractivity contribution >= 4 is 5.69 Å². The molecule has 1 aromatic rings. The van der Waals surface area contributed by atoms with Crippen LogP contribution in [0.4, 0.5) is 5.69 Å². The molecule has 2 atom stereocenters. The molecule has 1 aliphatic carbocycles. The van der Waals surface area contributed by atoms with Gasteiger partial charge in [-0.1, -0.05) is 13.3 Å². The van der Waals surface area contributed by atoms with Gasteiger partial charge in [-0.25, -0.2) is 0 Å². The standard InChI is InChI=1S/C12H21N3/c1-4-10-5-6-11(7-10)13-12-8(2)14-15-9(12)3/h10-11,13H,4-7H2,1-3H3,(H,14,15). The van der Waals surface area contributed by atoms with Crippen LogP contribution in [0.2, 0.25) is 0 Å². The highest BCUT2D eigenvalue weighted by Gasteiger charge is 2.24. The van der Waals surface area contributed by atoms with Crippen LogP contribution in [-0.2, 0) is 0 Å². The van der Waals surface area contributed by atoms with E-state index in [1.165, 1.54) is 31.4 Å². The SMILES string of the molecule is CCC1CCC(Nc2c(C)n[nH]c2C)C1. The fraction of sp³-hybridized carbons (Fsp3) is 0.750. The fourth-order valence-electron chi connectivity index (χ4n) is 2.54. The Labute approximate surface area is 91.7 Å². The third kappa shape index (κ3) is 2.16. The minimum Gasteiger partial charge on any atom is -0.379 e. The van der Waals surface area contributed by atoms with Crippen LogP contribution in [0.15, 0.2) is 0 Å². The average molecular weight is 207 g/mol. The molecular formula is C12H21N3. The number of anilines is 1. The Bertz CT molecular complexity index is 310. The lowest BCUT2D eigenvalue weighted by atomic mass is 10.1. The lowest BCUT2D eigenvalue weighted by Gasteiger charge is -2.14. The molecule has 1 aromatic heterocycles. The van der Waals surface area contributed by atoms with Crippen LogP contribution in [0.25, 0.3) is 0 Å². The van der Waals surface area contributed by atoms with Gasteiger partial charge in [0.15, 0.2) is 0 Å². The highest BCUT2D eigenvalue weighted by Crippen LogP contribution is 2.31. The number of aromatic amines is 1. The van der Waals surface area contributed by atoms with E-state index in [0.29, 0.717) is 6.04 Å². The molecule has 0 bridgehead atoms. The van der Waals surface area contributed by atoms with Crippen LogP contribution in [0, 0.1) is 19.8 Å². The first kappa shape index (κ1) is 10.5. The van der Waals surface area contributed by atoms with E-state index in [1.807, 2.05) is 0 Å². The van der Waals surface area contributed by atoms with Gasteiger partial charge < -0.3 is 5.32 Å². The van der Waals surface area contributed by atoms with E-state index in [4.69, 9.17) is 0 Å². The van der Waals surface area contributed by atoms with E-state index in [-0.39, 0.29) is 0 Å². The molecule has 3 nitrogen and oxygen atoms in total. The van der Waals surface area contributed by atoms with Crippen LogP contribution in [0.1, 0.15) is 44.0 Å². The molecule has 2 unspecified atom stereocenters. The zero-order valence-electron chi connectivity index (χ0n) is 9.93. The van der Waals surface area contributed by atoms with Gasteiger partial charge in [0, 0.05) is 6.04 Å². The molecule has 0 spiro atoms. The summed E-state index contributed by atoms with van der Waals surface area (Å²) in [7, 11) is 0. The monoisotopic (exact) mass is 207 g/mol. The summed E-state index contributed by atoms with van der Waals surface area (Å²) in [5.41, 5.74) is 3.47. The molecule has 1 saturated carbocycles. The summed E-state index contributed by atoms with van der Waals surface area (Å²) in [6, 6.07) is 0.657. The lowest BCUT2D eigenvalue weighted by Crippen LogP contribution is -2.16. The molecule has 1 heterocycles. The van der Waals surface area contributed by atoms with E-state index < -0.39 is 0 Å². The number of hydrogen-bond acceptors (Lipinski definition) is 2. The second-order valence-corrected chi connectivity index (χ2v) is 4.74. The Morgan fingerprint density at radius 1 is 1.40 bits per heavy atom. The summed E-state index contributed by atoms with van der Waals surface area (Å²) in [5.74, 6) is 0.926. The van der Waals surface area contributed by atoms with Crippen LogP contribution in [0.3, 0.4) is 0 Å². The molecule has 0 amide bonds. The van der Waals surface area contributed by atoms with Gasteiger partial charge in [-0.3, -0.25) is 5.10 Å². The smallest absolute Gasteiger partial charge is 0.0825 e. The second kappa shape index (κ2) is 4.25. The average Bonchev–Trinajstić information content (AvgIpc) is 2.80. The van der Waals surface area contributed by atoms with Crippen molar-refractivity contribution < 1.29 is 0 Å². The zero-order valence-corrected chi connectivity index (χ0v) is 9.93. The van der Waals surface area contributed by atoms with Crippen molar-refractivity contribution in [1.29, 1.82) is 0 Å². The first-order valence-electron chi connectivity index (χ1n) is 5.98. The number of H-pyrrole nitrogens is 1. The molecule has 1 aliphatic rings. The van der Waals surface area contributed by atoms with Crippen LogP contribution >= 0.6 is 0 Å². The molecule has 2 N–H and O–H groups in total. The first-order chi connectivity index (χ1) is 7.20. The van der Waals surface area contributed by atoms with E-state index in [1.54, 1.807) is 0 Å². The maximum Gasteiger partial charge on any atom is 0.0825 e. The van der Waals surface area contributed by atoms with Crippen molar-refractivity contribution in [2.24, 2.45) is 5.92 Å². The third-order valence-corrected chi connectivity index (χ3v) is 3.60. The van der Waals surface area contributed by atoms with Gasteiger partial charge in [-0.05, 0) is 39.0 Å². The van der Waals surface area contributed by atoms with Gasteiger partial charge in [0.2, 0.25) is 0 Å². The van der Waals surface area contributed by atoms with Crippen molar-refractivity contribution in [1.82, 2.24) is 10.2 Å². The summed E-state index contributed by atoms with van der Waals surface area (Å²) >= 11 is 0. The van der Waals surface area contributed by atoms with Gasteiger partial charge in [-0.15, -0.1) is 0 Å². The van der Waals surface area contributed by atoms with Gasteiger partial charge in [-0.2, -0.15) is 5.10 Å². The third-order valence-electron chi connectivity index (χ3n) is 3.60. The molecule has 0 aliphatic heterocycles. The Hall–Kier alpha value is -0.990. The number of hydrogen-bond donors (Lipinski definition) is 2. The molecule has 84 valence electrons.